The second kappa shape index (κ2) is 10.1. The molecule has 0 saturated heterocycles. The molecule has 2 N–H and O–H groups in total. The zero-order chi connectivity index (χ0) is 23.1. The van der Waals surface area contributed by atoms with Gasteiger partial charge in [-0.2, -0.15) is 14.0 Å². The zero-order valence-electron chi connectivity index (χ0n) is 16.8. The Morgan fingerprint density at radius 2 is 2.06 bits per heavy atom. The van der Waals surface area contributed by atoms with Gasteiger partial charge >= 0.3 is 6.11 Å². The summed E-state index contributed by atoms with van der Waals surface area (Å²) < 4.78 is 31.1. The number of aliphatic hydroxyl groups excluding tert-OH is 1. The molecule has 2 heterocycles. The maximum atomic E-state index is 13.3. The molecule has 1 aromatic carbocycles. The van der Waals surface area contributed by atoms with E-state index in [1.54, 1.807) is 19.4 Å². The van der Waals surface area contributed by atoms with E-state index in [9.17, 15) is 14.0 Å². The number of hydrogen-bond donors (Lipinski definition) is 2. The van der Waals surface area contributed by atoms with Crippen molar-refractivity contribution in [1.82, 2.24) is 9.97 Å². The van der Waals surface area contributed by atoms with Gasteiger partial charge in [-0.05, 0) is 29.3 Å². The minimum atomic E-state index is -3.72. The van der Waals surface area contributed by atoms with Crippen molar-refractivity contribution in [2.24, 2.45) is 0 Å². The summed E-state index contributed by atoms with van der Waals surface area (Å²) in [5, 5.41) is 21.9. The van der Waals surface area contributed by atoms with Crippen molar-refractivity contribution in [2.45, 2.75) is 16.9 Å². The van der Waals surface area contributed by atoms with Crippen LogP contribution in [0, 0.1) is 17.9 Å². The number of alkyl halides is 2. The molecule has 7 nitrogen and oxygen atoms in total. The lowest BCUT2D eigenvalue weighted by Gasteiger charge is -2.17. The Bertz CT molecular complexity index is 1180. The van der Waals surface area contributed by atoms with Gasteiger partial charge in [-0.3, -0.25) is 4.98 Å². The van der Waals surface area contributed by atoms with Crippen LogP contribution in [0.4, 0.5) is 20.3 Å². The number of nitrogens with zero attached hydrogens (tertiary/aromatic N) is 4. The summed E-state index contributed by atoms with van der Waals surface area (Å²) >= 11 is 1.33. The number of ether oxygens (including phenoxy) is 1. The highest BCUT2D eigenvalue weighted by Gasteiger charge is 2.30. The van der Waals surface area contributed by atoms with Gasteiger partial charge < -0.3 is 15.2 Å². The number of rotatable bonds is 8. The number of anilines is 1. The Labute approximate surface area is 187 Å². The Morgan fingerprint density at radius 1 is 1.31 bits per heavy atom. The molecule has 0 bridgehead atoms. The van der Waals surface area contributed by atoms with Gasteiger partial charge in [-0.15, -0.1) is 11.8 Å². The summed E-state index contributed by atoms with van der Waals surface area (Å²) in [5.41, 5.74) is 2.10. The van der Waals surface area contributed by atoms with E-state index in [1.165, 1.54) is 36.0 Å². The molecule has 0 atom stereocenters. The van der Waals surface area contributed by atoms with Crippen LogP contribution in [0.1, 0.15) is 11.1 Å². The van der Waals surface area contributed by atoms with E-state index in [-0.39, 0.29) is 17.0 Å². The summed E-state index contributed by atoms with van der Waals surface area (Å²) in [6, 6.07) is 11.4. The molecule has 0 fully saturated rings. The van der Waals surface area contributed by atoms with Crippen LogP contribution in [-0.4, -0.2) is 34.8 Å². The monoisotopic (exact) mass is 453 g/mol. The predicted octanol–water partition coefficient (Wildman–Crippen LogP) is 4.86. The average molecular weight is 453 g/mol. The molecule has 0 unspecified atom stereocenters. The fourth-order valence-corrected chi connectivity index (χ4v) is 3.78. The highest BCUT2D eigenvalue weighted by molar-refractivity contribution is 7.98. The zero-order valence-corrected chi connectivity index (χ0v) is 17.7. The minimum absolute atomic E-state index is 0.143. The van der Waals surface area contributed by atoms with Crippen LogP contribution < -0.4 is 10.1 Å². The van der Waals surface area contributed by atoms with Crippen LogP contribution in [0.2, 0.25) is 0 Å². The van der Waals surface area contributed by atoms with Crippen LogP contribution in [-0.2, 0) is 5.75 Å². The van der Waals surface area contributed by atoms with Crippen molar-refractivity contribution in [3.63, 3.8) is 0 Å². The second-order valence-corrected chi connectivity index (χ2v) is 7.37. The van der Waals surface area contributed by atoms with Gasteiger partial charge in [0, 0.05) is 30.8 Å². The molecule has 3 rings (SSSR count). The third-order valence-electron chi connectivity index (χ3n) is 4.29. The van der Waals surface area contributed by atoms with Gasteiger partial charge in [0.05, 0.1) is 12.1 Å². The number of thioether (sulfide) groups is 1. The largest absolute Gasteiger partial charge is 0.431 e. The molecule has 162 valence electrons. The molecule has 0 radical (unpaired) electrons. The molecule has 0 aliphatic rings. The number of nitrogens with one attached hydrogen (secondary N) is 1. The number of pyridine rings is 2. The van der Waals surface area contributed by atoms with E-state index >= 15 is 0 Å². The molecular formula is C22H17F2N5O2S. The van der Waals surface area contributed by atoms with Crippen molar-refractivity contribution in [1.29, 1.82) is 5.26 Å². The highest BCUT2D eigenvalue weighted by Crippen LogP contribution is 2.43. The topological polar surface area (TPSA) is 95.4 Å². The summed E-state index contributed by atoms with van der Waals surface area (Å²) in [6.07, 6.45) is -0.334. The molecular weight excluding hydrogens is 436 g/mol. The van der Waals surface area contributed by atoms with E-state index in [4.69, 9.17) is 11.7 Å². The van der Waals surface area contributed by atoms with E-state index in [0.29, 0.717) is 27.7 Å². The third kappa shape index (κ3) is 5.11. The SMILES string of the molecule is [C-]#[N+]c1c(NC)nc(SCc2cccnc2)c(C#N)c1-c1ccc(OC(F)(F)CO)cc1. The lowest BCUT2D eigenvalue weighted by atomic mass is 10.00. The van der Waals surface area contributed by atoms with E-state index in [2.05, 4.69) is 30.9 Å². The molecule has 0 spiro atoms. The van der Waals surface area contributed by atoms with Gasteiger partial charge in [0.2, 0.25) is 5.69 Å². The van der Waals surface area contributed by atoms with Crippen molar-refractivity contribution in [3.8, 4) is 22.9 Å². The summed E-state index contributed by atoms with van der Waals surface area (Å²) in [4.78, 5) is 12.1. The summed E-state index contributed by atoms with van der Waals surface area (Å²) in [6.45, 7) is 6.16. The first-order valence-electron chi connectivity index (χ1n) is 9.25. The van der Waals surface area contributed by atoms with Gasteiger partial charge in [0.25, 0.3) is 0 Å². The van der Waals surface area contributed by atoms with Gasteiger partial charge in [0.1, 0.15) is 29.3 Å². The van der Waals surface area contributed by atoms with Crippen LogP contribution in [0.3, 0.4) is 0 Å². The second-order valence-electron chi connectivity index (χ2n) is 6.41. The quantitative estimate of drug-likeness (QED) is 0.371. The Balaban J connectivity index is 2.05. The maximum absolute atomic E-state index is 13.3. The van der Waals surface area contributed by atoms with Crippen molar-refractivity contribution in [3.05, 3.63) is 71.3 Å². The van der Waals surface area contributed by atoms with Crippen LogP contribution in [0.25, 0.3) is 16.0 Å². The summed E-state index contributed by atoms with van der Waals surface area (Å²) in [5.74, 6) is 0.651. The Morgan fingerprint density at radius 3 is 2.62 bits per heavy atom. The first kappa shape index (κ1) is 22.9. The Kier molecular flexibility index (Phi) is 7.21. The third-order valence-corrected chi connectivity index (χ3v) is 5.34. The van der Waals surface area contributed by atoms with Gasteiger partial charge in [-0.25, -0.2) is 9.83 Å². The number of nitriles is 1. The van der Waals surface area contributed by atoms with Gasteiger partial charge in [-0.1, -0.05) is 18.2 Å². The van der Waals surface area contributed by atoms with Crippen LogP contribution in [0.15, 0.2) is 53.8 Å². The molecule has 2 aromatic heterocycles. The standard InChI is InChI=1S/C22H17F2N5O2S/c1-26-19-18(15-5-7-16(8-6-15)31-22(23,24)13-30)17(10-25)21(29-20(19)27-2)32-12-14-4-3-9-28-11-14/h3-9,11,30H,12-13H2,2H3,(H,27,29). The van der Waals surface area contributed by atoms with E-state index in [0.717, 1.165) is 5.56 Å². The molecule has 0 aliphatic heterocycles. The van der Waals surface area contributed by atoms with Crippen LogP contribution in [0.5, 0.6) is 5.75 Å². The fourth-order valence-electron chi connectivity index (χ4n) is 2.86. The van der Waals surface area contributed by atoms with Crippen molar-refractivity contribution in [2.75, 3.05) is 19.0 Å². The van der Waals surface area contributed by atoms with E-state index < -0.39 is 12.7 Å². The van der Waals surface area contributed by atoms with Crippen molar-refractivity contribution < 1.29 is 18.6 Å². The number of aromatic nitrogens is 2. The van der Waals surface area contributed by atoms with Gasteiger partial charge in [0.15, 0.2) is 0 Å². The Hall–Kier alpha value is -3.73. The van der Waals surface area contributed by atoms with Crippen LogP contribution >= 0.6 is 11.8 Å². The van der Waals surface area contributed by atoms with Crippen molar-refractivity contribution >= 4 is 23.3 Å². The lowest BCUT2D eigenvalue weighted by Crippen LogP contribution is -2.28. The number of aliphatic hydroxyl groups is 1. The molecule has 0 aliphatic carbocycles. The number of hydrogen-bond acceptors (Lipinski definition) is 7. The lowest BCUT2D eigenvalue weighted by molar-refractivity contribution is -0.200. The summed E-state index contributed by atoms with van der Waals surface area (Å²) in [7, 11) is 1.62. The molecule has 0 amide bonds. The molecule has 10 heteroatoms. The predicted molar refractivity (Wildman–Crippen MR) is 117 cm³/mol. The first-order chi connectivity index (χ1) is 15.4. The smallest absolute Gasteiger partial charge is 0.421 e. The molecule has 32 heavy (non-hydrogen) atoms. The molecule has 3 aromatic rings. The minimum Gasteiger partial charge on any atom is -0.431 e. The maximum Gasteiger partial charge on any atom is 0.421 e. The highest BCUT2D eigenvalue weighted by atomic mass is 32.2. The number of benzene rings is 1. The first-order valence-corrected chi connectivity index (χ1v) is 10.2. The van der Waals surface area contributed by atoms with E-state index in [1.807, 2.05) is 12.1 Å². The fraction of sp³-hybridized carbons (Fsp3) is 0.182. The average Bonchev–Trinajstić information content (AvgIpc) is 2.82. The normalized spacial score (nSPS) is 10.8. The number of halogens is 2. The molecule has 0 saturated carbocycles.